The van der Waals surface area contributed by atoms with Gasteiger partial charge in [-0.2, -0.15) is 10.2 Å². The smallest absolute Gasteiger partial charge is 0.136 e. The summed E-state index contributed by atoms with van der Waals surface area (Å²) in [5.74, 6) is 0. The second-order valence-electron chi connectivity index (χ2n) is 3.65. The Balaban J connectivity index is 2.23. The average molecular weight is 292 g/mol. The van der Waals surface area contributed by atoms with Gasteiger partial charge in [0.15, 0.2) is 0 Å². The molecule has 0 aromatic carbocycles. The Bertz CT molecular complexity index is 669. The molecule has 3 aromatic heterocycles. The van der Waals surface area contributed by atoms with Gasteiger partial charge in [-0.1, -0.05) is 0 Å². The van der Waals surface area contributed by atoms with Crippen LogP contribution in [0.4, 0.5) is 0 Å². The highest BCUT2D eigenvalue weighted by molar-refractivity contribution is 9.10. The molecule has 0 unspecified atom stereocenters. The molecule has 3 rings (SSSR count). The van der Waals surface area contributed by atoms with Crippen LogP contribution < -0.4 is 0 Å². The Morgan fingerprint density at radius 3 is 3.00 bits per heavy atom. The molecule has 3 heterocycles. The molecule has 0 saturated carbocycles. The van der Waals surface area contributed by atoms with E-state index in [0.29, 0.717) is 0 Å². The van der Waals surface area contributed by atoms with Gasteiger partial charge >= 0.3 is 0 Å². The van der Waals surface area contributed by atoms with E-state index >= 15 is 0 Å². The molecule has 0 amide bonds. The second kappa shape index (κ2) is 3.96. The summed E-state index contributed by atoms with van der Waals surface area (Å²) in [5, 5.41) is 9.74. The fourth-order valence-corrected chi connectivity index (χ4v) is 2.25. The third kappa shape index (κ3) is 1.64. The van der Waals surface area contributed by atoms with Gasteiger partial charge in [-0.3, -0.25) is 9.67 Å². The first-order chi connectivity index (χ1) is 8.29. The summed E-state index contributed by atoms with van der Waals surface area (Å²) in [7, 11) is 0. The normalized spacial score (nSPS) is 11.2. The van der Waals surface area contributed by atoms with Gasteiger partial charge in [0.05, 0.1) is 24.1 Å². The molecule has 0 bridgehead atoms. The highest BCUT2D eigenvalue weighted by Gasteiger charge is 2.10. The van der Waals surface area contributed by atoms with Crippen molar-refractivity contribution < 1.29 is 0 Å². The first-order valence-corrected chi connectivity index (χ1v) is 6.10. The molecule has 0 aliphatic carbocycles. The van der Waals surface area contributed by atoms with Gasteiger partial charge in [0.2, 0.25) is 0 Å². The lowest BCUT2D eigenvalue weighted by Crippen LogP contribution is -1.96. The molecule has 86 valence electrons. The first kappa shape index (κ1) is 10.5. The van der Waals surface area contributed by atoms with Gasteiger partial charge in [-0.25, -0.2) is 4.68 Å². The molecule has 0 fully saturated rings. The summed E-state index contributed by atoms with van der Waals surface area (Å²) >= 11 is 3.45. The Hall–Kier alpha value is -1.69. The van der Waals surface area contributed by atoms with Gasteiger partial charge in [0.25, 0.3) is 0 Å². The van der Waals surface area contributed by atoms with E-state index in [-0.39, 0.29) is 0 Å². The predicted molar refractivity (Wildman–Crippen MR) is 68.0 cm³/mol. The van der Waals surface area contributed by atoms with Crippen molar-refractivity contribution in [2.75, 3.05) is 0 Å². The highest BCUT2D eigenvalue weighted by Crippen LogP contribution is 2.24. The topological polar surface area (TPSA) is 48.5 Å². The lowest BCUT2D eigenvalue weighted by molar-refractivity contribution is 0.659. The fourth-order valence-electron chi connectivity index (χ4n) is 1.76. The molecule has 0 atom stereocenters. The van der Waals surface area contributed by atoms with Crippen LogP contribution in [0.5, 0.6) is 0 Å². The molecular weight excluding hydrogens is 282 g/mol. The van der Waals surface area contributed by atoms with Crippen LogP contribution in [0.25, 0.3) is 16.6 Å². The summed E-state index contributed by atoms with van der Waals surface area (Å²) < 4.78 is 4.53. The number of hydrogen-bond acceptors (Lipinski definition) is 3. The largest absolute Gasteiger partial charge is 0.271 e. The van der Waals surface area contributed by atoms with E-state index in [1.54, 1.807) is 18.6 Å². The summed E-state index contributed by atoms with van der Waals surface area (Å²) in [6.07, 6.45) is 7.33. The van der Waals surface area contributed by atoms with Crippen LogP contribution in [0.15, 0.2) is 35.5 Å². The molecular formula is C11H10BrN5. The molecule has 3 aromatic rings. The predicted octanol–water partition coefficient (Wildman–Crippen LogP) is 2.40. The third-order valence-corrected chi connectivity index (χ3v) is 3.21. The minimum atomic E-state index is 0.819. The van der Waals surface area contributed by atoms with Crippen molar-refractivity contribution in [3.05, 3.63) is 35.5 Å². The molecule has 0 saturated heterocycles. The molecule has 5 nitrogen and oxygen atoms in total. The van der Waals surface area contributed by atoms with Crippen molar-refractivity contribution in [3.63, 3.8) is 0 Å². The molecule has 0 aliphatic rings. The van der Waals surface area contributed by atoms with E-state index in [9.17, 15) is 0 Å². The van der Waals surface area contributed by atoms with E-state index in [1.165, 1.54) is 0 Å². The zero-order chi connectivity index (χ0) is 11.8. The minimum absolute atomic E-state index is 0.819. The van der Waals surface area contributed by atoms with Gasteiger partial charge in [0.1, 0.15) is 10.3 Å². The number of fused-ring (bicyclic) bond motifs is 1. The van der Waals surface area contributed by atoms with Gasteiger partial charge in [0, 0.05) is 18.1 Å². The zero-order valence-electron chi connectivity index (χ0n) is 9.21. The number of aryl methyl sites for hydroxylation is 1. The van der Waals surface area contributed by atoms with E-state index in [0.717, 1.165) is 27.7 Å². The van der Waals surface area contributed by atoms with Crippen molar-refractivity contribution in [2.45, 2.75) is 13.5 Å². The van der Waals surface area contributed by atoms with Gasteiger partial charge < -0.3 is 0 Å². The van der Waals surface area contributed by atoms with Gasteiger partial charge in [-0.15, -0.1) is 0 Å². The molecule has 17 heavy (non-hydrogen) atoms. The van der Waals surface area contributed by atoms with Crippen molar-refractivity contribution >= 4 is 26.8 Å². The van der Waals surface area contributed by atoms with E-state index in [2.05, 4.69) is 38.0 Å². The standard InChI is InChI=1S/C11H10BrN5/c1-2-16-7-8(5-14-16)17-10-6-13-4-3-9(10)11(12)15-17/h3-7H,2H2,1H3. The van der Waals surface area contributed by atoms with Gasteiger partial charge in [-0.05, 0) is 28.9 Å². The maximum Gasteiger partial charge on any atom is 0.136 e. The van der Waals surface area contributed by atoms with Crippen LogP contribution in [0.2, 0.25) is 0 Å². The van der Waals surface area contributed by atoms with Crippen LogP contribution in [-0.2, 0) is 6.54 Å². The zero-order valence-corrected chi connectivity index (χ0v) is 10.8. The lowest BCUT2D eigenvalue weighted by atomic mass is 10.3. The average Bonchev–Trinajstić information content (AvgIpc) is 2.95. The first-order valence-electron chi connectivity index (χ1n) is 5.30. The molecule has 0 aliphatic heterocycles. The third-order valence-electron chi connectivity index (χ3n) is 2.63. The van der Waals surface area contributed by atoms with Crippen molar-refractivity contribution in [1.82, 2.24) is 24.5 Å². The number of nitrogens with zero attached hydrogens (tertiary/aromatic N) is 5. The maximum absolute atomic E-state index is 4.45. The Morgan fingerprint density at radius 1 is 1.35 bits per heavy atom. The number of hydrogen-bond donors (Lipinski definition) is 0. The van der Waals surface area contributed by atoms with Crippen molar-refractivity contribution in [3.8, 4) is 5.69 Å². The molecule has 0 N–H and O–H groups in total. The number of rotatable bonds is 2. The number of halogens is 1. The van der Waals surface area contributed by atoms with E-state index in [4.69, 9.17) is 0 Å². The van der Waals surface area contributed by atoms with Crippen molar-refractivity contribution in [2.24, 2.45) is 0 Å². The minimum Gasteiger partial charge on any atom is -0.271 e. The Kier molecular flexibility index (Phi) is 2.44. The van der Waals surface area contributed by atoms with Crippen molar-refractivity contribution in [1.29, 1.82) is 0 Å². The van der Waals surface area contributed by atoms with Crippen LogP contribution in [-0.4, -0.2) is 24.5 Å². The molecule has 0 spiro atoms. The monoisotopic (exact) mass is 291 g/mol. The SMILES string of the molecule is CCn1cc(-n2nc(Br)c3ccncc32)cn1. The summed E-state index contributed by atoms with van der Waals surface area (Å²) in [6.45, 7) is 2.90. The van der Waals surface area contributed by atoms with E-state index in [1.807, 2.05) is 21.6 Å². The maximum atomic E-state index is 4.45. The summed E-state index contributed by atoms with van der Waals surface area (Å²) in [5.41, 5.74) is 1.91. The summed E-state index contributed by atoms with van der Waals surface area (Å²) in [4.78, 5) is 4.13. The summed E-state index contributed by atoms with van der Waals surface area (Å²) in [6, 6.07) is 1.94. The van der Waals surface area contributed by atoms with Crippen LogP contribution in [0.3, 0.4) is 0 Å². The van der Waals surface area contributed by atoms with Crippen LogP contribution >= 0.6 is 15.9 Å². The number of pyridine rings is 1. The quantitative estimate of drug-likeness (QED) is 0.728. The van der Waals surface area contributed by atoms with Crippen LogP contribution in [0, 0.1) is 0 Å². The Morgan fingerprint density at radius 2 is 2.24 bits per heavy atom. The molecule has 6 heteroatoms. The van der Waals surface area contributed by atoms with E-state index < -0.39 is 0 Å². The Labute approximate surface area is 106 Å². The second-order valence-corrected chi connectivity index (χ2v) is 4.40. The van der Waals surface area contributed by atoms with Crippen LogP contribution in [0.1, 0.15) is 6.92 Å². The highest BCUT2D eigenvalue weighted by atomic mass is 79.9. The molecule has 0 radical (unpaired) electrons. The lowest BCUT2D eigenvalue weighted by Gasteiger charge is -1.97. The number of aromatic nitrogens is 5. The fraction of sp³-hybridized carbons (Fsp3) is 0.182.